The van der Waals surface area contributed by atoms with Crippen molar-refractivity contribution in [2.75, 3.05) is 0 Å². The molecule has 2 amide bonds. The van der Waals surface area contributed by atoms with Crippen molar-refractivity contribution >= 4 is 17.8 Å². The van der Waals surface area contributed by atoms with Crippen LogP contribution in [0.15, 0.2) is 6.20 Å². The number of likely N-dealkylation sites (tertiary alicyclic amines) is 1. The van der Waals surface area contributed by atoms with Gasteiger partial charge in [-0.15, -0.1) is 5.10 Å². The number of carboxylic acids is 1. The van der Waals surface area contributed by atoms with Crippen molar-refractivity contribution in [1.82, 2.24) is 19.9 Å². The number of aromatic nitrogens is 3. The summed E-state index contributed by atoms with van der Waals surface area (Å²) in [6, 6.07) is 0. The second-order valence-corrected chi connectivity index (χ2v) is 5.25. The number of carbonyl (C=O) groups is 3. The number of hydrogen-bond acceptors (Lipinski definition) is 5. The fraction of sp³-hybridized carbons (Fsp3) is 0.615. The molecule has 2 heterocycles. The average molecular weight is 294 g/mol. The number of amides is 2. The number of carbonyl (C=O) groups excluding carboxylic acids is 2. The van der Waals surface area contributed by atoms with Crippen LogP contribution < -0.4 is 0 Å². The molecule has 0 atom stereocenters. The second kappa shape index (κ2) is 5.63. The molecular weight excluding hydrogens is 276 g/mol. The first kappa shape index (κ1) is 15.1. The lowest BCUT2D eigenvalue weighted by molar-refractivity contribution is -0.142. The quantitative estimate of drug-likeness (QED) is 0.763. The third kappa shape index (κ3) is 2.79. The Balaban J connectivity index is 2.12. The van der Waals surface area contributed by atoms with Gasteiger partial charge in [-0.1, -0.05) is 19.1 Å². The van der Waals surface area contributed by atoms with E-state index in [9.17, 15) is 14.4 Å². The van der Waals surface area contributed by atoms with Gasteiger partial charge in [-0.05, 0) is 12.8 Å². The molecule has 1 aromatic heterocycles. The molecule has 0 saturated carbocycles. The van der Waals surface area contributed by atoms with Crippen molar-refractivity contribution in [3.63, 3.8) is 0 Å². The summed E-state index contributed by atoms with van der Waals surface area (Å²) in [5, 5.41) is 16.1. The molecule has 0 spiro atoms. The van der Waals surface area contributed by atoms with Crippen LogP contribution >= 0.6 is 0 Å². The predicted molar refractivity (Wildman–Crippen MR) is 70.8 cm³/mol. The minimum Gasteiger partial charge on any atom is -0.480 e. The zero-order chi connectivity index (χ0) is 15.6. The van der Waals surface area contributed by atoms with E-state index >= 15 is 0 Å². The Bertz CT molecular complexity index is 576. The van der Waals surface area contributed by atoms with Gasteiger partial charge in [-0.2, -0.15) is 0 Å². The van der Waals surface area contributed by atoms with Crippen molar-refractivity contribution in [2.24, 2.45) is 5.41 Å². The van der Waals surface area contributed by atoms with Crippen LogP contribution in [0, 0.1) is 5.41 Å². The van der Waals surface area contributed by atoms with Crippen molar-refractivity contribution in [3.8, 4) is 0 Å². The van der Waals surface area contributed by atoms with Crippen LogP contribution in [0.1, 0.15) is 38.8 Å². The minimum absolute atomic E-state index is 0.0407. The fourth-order valence-corrected chi connectivity index (χ4v) is 2.61. The fourth-order valence-electron chi connectivity index (χ4n) is 2.61. The molecule has 0 radical (unpaired) electrons. The monoisotopic (exact) mass is 294 g/mol. The summed E-state index contributed by atoms with van der Waals surface area (Å²) in [6.07, 6.45) is 2.90. The maximum atomic E-state index is 12.4. The predicted octanol–water partition coefficient (Wildman–Crippen LogP) is 0.428. The van der Waals surface area contributed by atoms with Crippen LogP contribution in [-0.2, 0) is 27.5 Å². The summed E-state index contributed by atoms with van der Waals surface area (Å²) >= 11 is 0. The highest BCUT2D eigenvalue weighted by Gasteiger charge is 2.49. The normalized spacial score (nSPS) is 17.5. The summed E-state index contributed by atoms with van der Waals surface area (Å²) < 4.78 is 1.16. The molecule has 1 aliphatic heterocycles. The lowest BCUT2D eigenvalue weighted by atomic mass is 9.81. The van der Waals surface area contributed by atoms with Crippen molar-refractivity contribution in [2.45, 2.75) is 46.2 Å². The maximum Gasteiger partial charge on any atom is 0.325 e. The SMILES string of the molecule is CCC1(CC)CC(=O)N(Cc2cn(CC(=O)O)nn2)C1=O. The minimum atomic E-state index is -1.03. The van der Waals surface area contributed by atoms with Crippen LogP contribution in [0.2, 0.25) is 0 Å². The van der Waals surface area contributed by atoms with Gasteiger partial charge in [-0.3, -0.25) is 19.3 Å². The van der Waals surface area contributed by atoms with Gasteiger partial charge in [0.15, 0.2) is 0 Å². The molecule has 2 rings (SSSR count). The van der Waals surface area contributed by atoms with E-state index < -0.39 is 11.4 Å². The molecule has 8 heteroatoms. The zero-order valence-corrected chi connectivity index (χ0v) is 12.1. The van der Waals surface area contributed by atoms with Gasteiger partial charge in [0.25, 0.3) is 0 Å². The smallest absolute Gasteiger partial charge is 0.325 e. The topological polar surface area (TPSA) is 105 Å². The third-order valence-electron chi connectivity index (χ3n) is 4.05. The number of hydrogen-bond donors (Lipinski definition) is 1. The number of carboxylic acid groups (broad SMARTS) is 1. The van der Waals surface area contributed by atoms with Crippen LogP contribution in [-0.4, -0.2) is 42.8 Å². The van der Waals surface area contributed by atoms with Crippen molar-refractivity contribution < 1.29 is 19.5 Å². The van der Waals surface area contributed by atoms with E-state index in [0.717, 1.165) is 4.68 Å². The molecule has 8 nitrogen and oxygen atoms in total. The van der Waals surface area contributed by atoms with E-state index in [1.165, 1.54) is 11.1 Å². The van der Waals surface area contributed by atoms with E-state index in [0.29, 0.717) is 18.5 Å². The van der Waals surface area contributed by atoms with Crippen LogP contribution in [0.4, 0.5) is 0 Å². The van der Waals surface area contributed by atoms with E-state index in [2.05, 4.69) is 10.3 Å². The number of nitrogens with zero attached hydrogens (tertiary/aromatic N) is 4. The molecule has 0 bridgehead atoms. The van der Waals surface area contributed by atoms with Gasteiger partial charge in [-0.25, -0.2) is 4.68 Å². The Morgan fingerprint density at radius 3 is 2.57 bits per heavy atom. The first-order chi connectivity index (χ1) is 9.91. The first-order valence-corrected chi connectivity index (χ1v) is 6.87. The second-order valence-electron chi connectivity index (χ2n) is 5.25. The molecule has 1 aliphatic rings. The molecular formula is C13H18N4O4. The van der Waals surface area contributed by atoms with Crippen LogP contribution in [0.5, 0.6) is 0 Å². The number of aliphatic carboxylic acids is 1. The molecule has 1 fully saturated rings. The Kier molecular flexibility index (Phi) is 4.06. The molecule has 0 aliphatic carbocycles. The molecule has 1 saturated heterocycles. The molecule has 1 N–H and O–H groups in total. The number of imide groups is 1. The van der Waals surface area contributed by atoms with Gasteiger partial charge in [0.2, 0.25) is 11.8 Å². The van der Waals surface area contributed by atoms with Gasteiger partial charge in [0.1, 0.15) is 12.2 Å². The van der Waals surface area contributed by atoms with Crippen LogP contribution in [0.25, 0.3) is 0 Å². The van der Waals surface area contributed by atoms with Gasteiger partial charge < -0.3 is 5.11 Å². The molecule has 21 heavy (non-hydrogen) atoms. The summed E-state index contributed by atoms with van der Waals surface area (Å²) in [7, 11) is 0. The maximum absolute atomic E-state index is 12.4. The lowest BCUT2D eigenvalue weighted by Gasteiger charge is -2.23. The largest absolute Gasteiger partial charge is 0.480 e. The summed E-state index contributed by atoms with van der Waals surface area (Å²) in [5.74, 6) is -1.42. The highest BCUT2D eigenvalue weighted by Crippen LogP contribution is 2.39. The van der Waals surface area contributed by atoms with Crippen molar-refractivity contribution in [1.29, 1.82) is 0 Å². The van der Waals surface area contributed by atoms with Crippen LogP contribution in [0.3, 0.4) is 0 Å². The van der Waals surface area contributed by atoms with E-state index in [4.69, 9.17) is 5.11 Å². The molecule has 1 aromatic rings. The lowest BCUT2D eigenvalue weighted by Crippen LogP contribution is -2.34. The van der Waals surface area contributed by atoms with Gasteiger partial charge >= 0.3 is 5.97 Å². The summed E-state index contributed by atoms with van der Waals surface area (Å²) in [6.45, 7) is 3.55. The Morgan fingerprint density at radius 1 is 1.38 bits per heavy atom. The summed E-state index contributed by atoms with van der Waals surface area (Å²) in [4.78, 5) is 36.3. The molecule has 114 valence electrons. The Morgan fingerprint density at radius 2 is 2.05 bits per heavy atom. The number of rotatable bonds is 6. The standard InChI is InChI=1S/C13H18N4O4/c1-3-13(4-2)5-10(18)17(12(13)21)7-9-6-16(15-14-9)8-11(19)20/h6H,3-5,7-8H2,1-2H3,(H,19,20). The van der Waals surface area contributed by atoms with Crippen molar-refractivity contribution in [3.05, 3.63) is 11.9 Å². The highest BCUT2D eigenvalue weighted by atomic mass is 16.4. The van der Waals surface area contributed by atoms with E-state index in [1.807, 2.05) is 13.8 Å². The highest BCUT2D eigenvalue weighted by molar-refractivity contribution is 6.05. The first-order valence-electron chi connectivity index (χ1n) is 6.87. The van der Waals surface area contributed by atoms with E-state index in [1.54, 1.807) is 0 Å². The third-order valence-corrected chi connectivity index (χ3v) is 4.05. The Labute approximate surface area is 121 Å². The molecule has 0 unspecified atom stereocenters. The van der Waals surface area contributed by atoms with Gasteiger partial charge in [0, 0.05) is 6.42 Å². The summed E-state index contributed by atoms with van der Waals surface area (Å²) in [5.41, 5.74) is -0.199. The average Bonchev–Trinajstić information content (AvgIpc) is 2.96. The zero-order valence-electron chi connectivity index (χ0n) is 12.1. The van der Waals surface area contributed by atoms with E-state index in [-0.39, 0.29) is 31.3 Å². The molecule has 0 aromatic carbocycles. The Hall–Kier alpha value is -2.25. The van der Waals surface area contributed by atoms with Gasteiger partial charge in [0.05, 0.1) is 18.2 Å².